The summed E-state index contributed by atoms with van der Waals surface area (Å²) in [6, 6.07) is 8.18. The molecule has 0 atom stereocenters. The van der Waals surface area contributed by atoms with Gasteiger partial charge in [-0.15, -0.1) is 0 Å². The van der Waals surface area contributed by atoms with Gasteiger partial charge in [-0.05, 0) is 43.2 Å². The highest BCUT2D eigenvalue weighted by molar-refractivity contribution is 7.92. The van der Waals surface area contributed by atoms with Crippen molar-refractivity contribution >= 4 is 26.8 Å². The Kier molecular flexibility index (Phi) is 4.08. The summed E-state index contributed by atoms with van der Waals surface area (Å²) in [5.74, 6) is -0.128. The fourth-order valence-electron chi connectivity index (χ4n) is 2.65. The molecule has 0 amide bonds. The van der Waals surface area contributed by atoms with Crippen LogP contribution < -0.4 is 15.2 Å². The van der Waals surface area contributed by atoms with Crippen LogP contribution in [0.2, 0.25) is 0 Å². The minimum Gasteiger partial charge on any atom is -0.495 e. The van der Waals surface area contributed by atoms with Gasteiger partial charge < -0.3 is 9.15 Å². The van der Waals surface area contributed by atoms with Crippen molar-refractivity contribution in [2.24, 2.45) is 7.05 Å². The van der Waals surface area contributed by atoms with E-state index >= 15 is 0 Å². The number of nitrogens with one attached hydrogen (secondary N) is 1. The van der Waals surface area contributed by atoms with Gasteiger partial charge in [-0.1, -0.05) is 6.07 Å². The Morgan fingerprint density at radius 2 is 1.88 bits per heavy atom. The van der Waals surface area contributed by atoms with Crippen molar-refractivity contribution < 1.29 is 17.6 Å². The van der Waals surface area contributed by atoms with Crippen LogP contribution in [0.5, 0.6) is 5.75 Å². The summed E-state index contributed by atoms with van der Waals surface area (Å²) in [4.78, 5) is 11.7. The van der Waals surface area contributed by atoms with Crippen LogP contribution in [0.3, 0.4) is 0 Å². The first kappa shape index (κ1) is 17.1. The Balaban J connectivity index is 2.12. The molecule has 3 rings (SSSR count). The molecule has 1 aromatic heterocycles. The van der Waals surface area contributed by atoms with Crippen molar-refractivity contribution in [2.75, 3.05) is 11.8 Å². The van der Waals surface area contributed by atoms with E-state index in [0.29, 0.717) is 22.5 Å². The van der Waals surface area contributed by atoms with Crippen LogP contribution in [0.15, 0.2) is 44.4 Å². The molecule has 0 bridgehead atoms. The maximum absolute atomic E-state index is 12.8. The van der Waals surface area contributed by atoms with Gasteiger partial charge in [0.1, 0.15) is 5.75 Å². The van der Waals surface area contributed by atoms with Crippen LogP contribution >= 0.6 is 0 Å². The molecule has 0 saturated carbocycles. The predicted octanol–water partition coefficient (Wildman–Crippen LogP) is 2.56. The summed E-state index contributed by atoms with van der Waals surface area (Å²) in [5.41, 5.74) is 2.49. The molecule has 0 aliphatic carbocycles. The zero-order valence-electron chi connectivity index (χ0n) is 14.3. The monoisotopic (exact) mass is 362 g/mol. The molecule has 0 saturated heterocycles. The van der Waals surface area contributed by atoms with Gasteiger partial charge in [0, 0.05) is 13.1 Å². The van der Waals surface area contributed by atoms with E-state index in [1.807, 2.05) is 13.0 Å². The lowest BCUT2D eigenvalue weighted by Crippen LogP contribution is -2.15. The molecule has 2 aromatic carbocycles. The van der Waals surface area contributed by atoms with Gasteiger partial charge in [-0.2, -0.15) is 0 Å². The van der Waals surface area contributed by atoms with Crippen molar-refractivity contribution in [3.63, 3.8) is 0 Å². The molecule has 132 valence electrons. The summed E-state index contributed by atoms with van der Waals surface area (Å²) < 4.78 is 39.9. The standard InChI is InChI=1S/C17H18N2O5S/c1-10-5-6-14(23-4)12(7-10)18-25(21,22)16-9-15-13(8-11(16)2)19(3)17(20)24-15/h5-9,18H,1-4H3. The molecule has 0 aliphatic heterocycles. The Labute approximate surface area is 144 Å². The number of benzene rings is 2. The first-order valence-corrected chi connectivity index (χ1v) is 8.99. The Morgan fingerprint density at radius 1 is 1.16 bits per heavy atom. The molecule has 0 spiro atoms. The normalized spacial score (nSPS) is 11.7. The van der Waals surface area contributed by atoms with Crippen molar-refractivity contribution in [3.05, 3.63) is 52.0 Å². The van der Waals surface area contributed by atoms with Gasteiger partial charge >= 0.3 is 5.76 Å². The maximum atomic E-state index is 12.8. The number of oxazole rings is 1. The Morgan fingerprint density at radius 3 is 2.56 bits per heavy atom. The number of ether oxygens (including phenoxy) is 1. The van der Waals surface area contributed by atoms with Gasteiger partial charge in [0.05, 0.1) is 23.2 Å². The Hall–Kier alpha value is -2.74. The number of hydrogen-bond donors (Lipinski definition) is 1. The van der Waals surface area contributed by atoms with Crippen molar-refractivity contribution in [2.45, 2.75) is 18.7 Å². The molecule has 0 radical (unpaired) electrons. The zero-order valence-corrected chi connectivity index (χ0v) is 15.1. The van der Waals surface area contributed by atoms with Crippen molar-refractivity contribution in [1.29, 1.82) is 0 Å². The molecule has 1 N–H and O–H groups in total. The topological polar surface area (TPSA) is 90.5 Å². The number of nitrogens with zero attached hydrogens (tertiary/aromatic N) is 1. The van der Waals surface area contributed by atoms with E-state index in [1.54, 1.807) is 32.2 Å². The van der Waals surface area contributed by atoms with Crippen molar-refractivity contribution in [1.82, 2.24) is 4.57 Å². The van der Waals surface area contributed by atoms with Gasteiger partial charge in [0.15, 0.2) is 5.58 Å². The number of aromatic nitrogens is 1. The van der Waals surface area contributed by atoms with E-state index in [-0.39, 0.29) is 10.5 Å². The number of methoxy groups -OCH3 is 1. The fourth-order valence-corrected chi connectivity index (χ4v) is 3.95. The van der Waals surface area contributed by atoms with Crippen LogP contribution in [0.25, 0.3) is 11.1 Å². The van der Waals surface area contributed by atoms with Crippen molar-refractivity contribution in [3.8, 4) is 5.75 Å². The number of fused-ring (bicyclic) bond motifs is 1. The van der Waals surface area contributed by atoms with Crippen LogP contribution in [0, 0.1) is 13.8 Å². The lowest BCUT2D eigenvalue weighted by atomic mass is 10.2. The number of sulfonamides is 1. The molecular formula is C17H18N2O5S. The molecule has 0 aliphatic rings. The number of anilines is 1. The van der Waals surface area contributed by atoms with Gasteiger partial charge in [0.2, 0.25) is 0 Å². The van der Waals surface area contributed by atoms with Crippen LogP contribution in [0.4, 0.5) is 5.69 Å². The third-order valence-electron chi connectivity index (χ3n) is 3.98. The van der Waals surface area contributed by atoms with E-state index in [1.165, 1.54) is 17.7 Å². The third-order valence-corrected chi connectivity index (χ3v) is 5.49. The van der Waals surface area contributed by atoms with Crippen LogP contribution in [-0.4, -0.2) is 20.1 Å². The van der Waals surface area contributed by atoms with Gasteiger partial charge in [-0.25, -0.2) is 13.2 Å². The average molecular weight is 362 g/mol. The molecule has 25 heavy (non-hydrogen) atoms. The highest BCUT2D eigenvalue weighted by Crippen LogP contribution is 2.30. The second kappa shape index (κ2) is 5.96. The average Bonchev–Trinajstić information content (AvgIpc) is 2.81. The first-order chi connectivity index (χ1) is 11.7. The number of hydrogen-bond acceptors (Lipinski definition) is 5. The summed E-state index contributed by atoms with van der Waals surface area (Å²) in [6.45, 7) is 3.52. The second-order valence-electron chi connectivity index (χ2n) is 5.82. The van der Waals surface area contributed by atoms with Crippen LogP contribution in [0.1, 0.15) is 11.1 Å². The molecular weight excluding hydrogens is 344 g/mol. The van der Waals surface area contributed by atoms with Gasteiger partial charge in [-0.3, -0.25) is 9.29 Å². The molecule has 7 nitrogen and oxygen atoms in total. The lowest BCUT2D eigenvalue weighted by Gasteiger charge is -2.14. The first-order valence-electron chi connectivity index (χ1n) is 7.50. The molecule has 3 aromatic rings. The smallest absolute Gasteiger partial charge is 0.419 e. The Bertz CT molecular complexity index is 1130. The SMILES string of the molecule is COc1ccc(C)cc1NS(=O)(=O)c1cc2oc(=O)n(C)c2cc1C. The third kappa shape index (κ3) is 3.00. The quantitative estimate of drug-likeness (QED) is 0.770. The highest BCUT2D eigenvalue weighted by atomic mass is 32.2. The summed E-state index contributed by atoms with van der Waals surface area (Å²) >= 11 is 0. The minimum absolute atomic E-state index is 0.0397. The number of aryl methyl sites for hydroxylation is 3. The molecule has 0 unspecified atom stereocenters. The summed E-state index contributed by atoms with van der Waals surface area (Å²) in [7, 11) is -0.852. The minimum atomic E-state index is -3.89. The molecule has 1 heterocycles. The molecule has 0 fully saturated rings. The van der Waals surface area contributed by atoms with Gasteiger partial charge in [0.25, 0.3) is 10.0 Å². The second-order valence-corrected chi connectivity index (χ2v) is 7.47. The van der Waals surface area contributed by atoms with E-state index in [0.717, 1.165) is 5.56 Å². The fraction of sp³-hybridized carbons (Fsp3) is 0.235. The highest BCUT2D eigenvalue weighted by Gasteiger charge is 2.21. The summed E-state index contributed by atoms with van der Waals surface area (Å²) in [5, 5.41) is 0. The number of rotatable bonds is 4. The predicted molar refractivity (Wildman–Crippen MR) is 94.7 cm³/mol. The van der Waals surface area contributed by atoms with E-state index in [9.17, 15) is 13.2 Å². The largest absolute Gasteiger partial charge is 0.495 e. The van der Waals surface area contributed by atoms with Crippen LogP contribution in [-0.2, 0) is 17.1 Å². The van der Waals surface area contributed by atoms with E-state index in [4.69, 9.17) is 9.15 Å². The van der Waals surface area contributed by atoms with E-state index < -0.39 is 15.8 Å². The maximum Gasteiger partial charge on any atom is 0.419 e. The summed E-state index contributed by atoms with van der Waals surface area (Å²) in [6.07, 6.45) is 0. The zero-order chi connectivity index (χ0) is 18.4. The lowest BCUT2D eigenvalue weighted by molar-refractivity contribution is 0.417. The molecule has 8 heteroatoms. The van der Waals surface area contributed by atoms with E-state index in [2.05, 4.69) is 4.72 Å².